The number of nitrogens with zero attached hydrogens (tertiary/aromatic N) is 2. The van der Waals surface area contributed by atoms with Gasteiger partial charge >= 0.3 is 0 Å². The van der Waals surface area contributed by atoms with Crippen molar-refractivity contribution in [2.75, 3.05) is 24.7 Å². The number of hydrogen-bond acceptors (Lipinski definition) is 4. The van der Waals surface area contributed by atoms with Crippen LogP contribution in [0.2, 0.25) is 0 Å². The monoisotopic (exact) mass is 299 g/mol. The van der Waals surface area contributed by atoms with Crippen LogP contribution < -0.4 is 5.32 Å². The van der Waals surface area contributed by atoms with Gasteiger partial charge in [-0.3, -0.25) is 4.98 Å². The molecule has 2 heterocycles. The summed E-state index contributed by atoms with van der Waals surface area (Å²) in [6.07, 6.45) is 6.56. The summed E-state index contributed by atoms with van der Waals surface area (Å²) >= 11 is 0. The van der Waals surface area contributed by atoms with Crippen LogP contribution in [0.3, 0.4) is 0 Å². The summed E-state index contributed by atoms with van der Waals surface area (Å²) in [6.45, 7) is 7.19. The summed E-state index contributed by atoms with van der Waals surface area (Å²) in [5.74, 6) is 0. The molecule has 0 aromatic carbocycles. The second-order valence-corrected chi connectivity index (χ2v) is 6.81. The molecule has 6 heteroatoms. The molecule has 0 bridgehead atoms. The Morgan fingerprint density at radius 1 is 1.25 bits per heavy atom. The van der Waals surface area contributed by atoms with E-state index in [4.69, 9.17) is 0 Å². The fourth-order valence-corrected chi connectivity index (χ4v) is 3.08. The highest BCUT2D eigenvalue weighted by Crippen LogP contribution is 2.18. The van der Waals surface area contributed by atoms with Crippen LogP contribution in [0, 0.1) is 6.92 Å². The van der Waals surface area contributed by atoms with Crippen LogP contribution in [0.1, 0.15) is 32.3 Å². The normalized spacial score (nSPS) is 17.2. The first-order chi connectivity index (χ1) is 9.45. The summed E-state index contributed by atoms with van der Waals surface area (Å²) in [7, 11) is -3.04. The summed E-state index contributed by atoms with van der Waals surface area (Å²) in [6, 6.07) is 2.38. The van der Waals surface area contributed by atoms with E-state index in [0.29, 0.717) is 19.1 Å². The first-order valence-corrected chi connectivity index (χ1v) is 8.93. The number of hydrogen-bond donors (Lipinski definition) is 1. The van der Waals surface area contributed by atoms with Gasteiger partial charge in [0, 0.05) is 31.5 Å². The minimum atomic E-state index is -3.04. The van der Waals surface area contributed by atoms with Crippen molar-refractivity contribution in [2.24, 2.45) is 0 Å². The number of pyridine rings is 1. The Balaban J connectivity index is 0.000000956. The van der Waals surface area contributed by atoms with Gasteiger partial charge in [-0.2, -0.15) is 0 Å². The molecular formula is C14H25N3O2S. The van der Waals surface area contributed by atoms with Crippen molar-refractivity contribution in [3.8, 4) is 0 Å². The number of anilines is 1. The quantitative estimate of drug-likeness (QED) is 0.930. The predicted octanol–water partition coefficient (Wildman–Crippen LogP) is 2.25. The highest BCUT2D eigenvalue weighted by Gasteiger charge is 2.24. The summed E-state index contributed by atoms with van der Waals surface area (Å²) in [5.41, 5.74) is 2.13. The second-order valence-electron chi connectivity index (χ2n) is 4.83. The highest BCUT2D eigenvalue weighted by molar-refractivity contribution is 7.88. The van der Waals surface area contributed by atoms with Gasteiger partial charge in [-0.15, -0.1) is 0 Å². The molecule has 1 N–H and O–H groups in total. The molecule has 0 aliphatic carbocycles. The van der Waals surface area contributed by atoms with Crippen LogP contribution in [0.15, 0.2) is 18.5 Å². The third kappa shape index (κ3) is 5.09. The van der Waals surface area contributed by atoms with Crippen LogP contribution in [0.5, 0.6) is 0 Å². The lowest BCUT2D eigenvalue weighted by molar-refractivity contribution is 0.332. The number of rotatable bonds is 3. The molecule has 1 aromatic rings. The van der Waals surface area contributed by atoms with E-state index in [1.807, 2.05) is 27.0 Å². The van der Waals surface area contributed by atoms with Gasteiger partial charge in [-0.1, -0.05) is 13.8 Å². The Morgan fingerprint density at radius 2 is 1.85 bits per heavy atom. The largest absolute Gasteiger partial charge is 0.381 e. The van der Waals surface area contributed by atoms with Crippen LogP contribution in [-0.4, -0.2) is 43.1 Å². The van der Waals surface area contributed by atoms with Crippen molar-refractivity contribution in [3.63, 3.8) is 0 Å². The second kappa shape index (κ2) is 7.59. The third-order valence-electron chi connectivity index (χ3n) is 3.17. The van der Waals surface area contributed by atoms with E-state index in [9.17, 15) is 8.42 Å². The van der Waals surface area contributed by atoms with Gasteiger partial charge < -0.3 is 5.32 Å². The van der Waals surface area contributed by atoms with Crippen molar-refractivity contribution in [3.05, 3.63) is 24.0 Å². The Morgan fingerprint density at radius 3 is 2.35 bits per heavy atom. The molecule has 0 unspecified atom stereocenters. The van der Waals surface area contributed by atoms with E-state index in [0.717, 1.165) is 24.1 Å². The zero-order valence-electron chi connectivity index (χ0n) is 12.8. The van der Waals surface area contributed by atoms with Gasteiger partial charge in [0.15, 0.2) is 0 Å². The van der Waals surface area contributed by atoms with E-state index >= 15 is 0 Å². The zero-order chi connectivity index (χ0) is 15.2. The maximum atomic E-state index is 11.4. The molecule has 0 saturated carbocycles. The van der Waals surface area contributed by atoms with Gasteiger partial charge in [-0.05, 0) is 31.4 Å². The van der Waals surface area contributed by atoms with Crippen LogP contribution in [0.25, 0.3) is 0 Å². The van der Waals surface area contributed by atoms with E-state index < -0.39 is 10.0 Å². The SMILES string of the molecule is CC.Cc1cncc(NC2CCN(S(C)(=O)=O)CC2)c1. The molecule has 20 heavy (non-hydrogen) atoms. The van der Waals surface area contributed by atoms with Gasteiger partial charge in [0.25, 0.3) is 0 Å². The average molecular weight is 299 g/mol. The first kappa shape index (κ1) is 16.9. The molecule has 0 spiro atoms. The van der Waals surface area contributed by atoms with Crippen molar-refractivity contribution in [1.29, 1.82) is 0 Å². The molecule has 0 amide bonds. The molecule has 2 rings (SSSR count). The minimum Gasteiger partial charge on any atom is -0.381 e. The lowest BCUT2D eigenvalue weighted by Crippen LogP contribution is -2.41. The first-order valence-electron chi connectivity index (χ1n) is 7.08. The molecule has 114 valence electrons. The maximum absolute atomic E-state index is 11.4. The van der Waals surface area contributed by atoms with Crippen LogP contribution >= 0.6 is 0 Å². The van der Waals surface area contributed by atoms with Gasteiger partial charge in [0.2, 0.25) is 10.0 Å². The number of aryl methyl sites for hydroxylation is 1. The Labute approximate surface area is 122 Å². The molecule has 1 aliphatic rings. The molecule has 1 aromatic heterocycles. The van der Waals surface area contributed by atoms with Gasteiger partial charge in [-0.25, -0.2) is 12.7 Å². The van der Waals surface area contributed by atoms with E-state index in [2.05, 4.69) is 16.4 Å². The van der Waals surface area contributed by atoms with Crippen molar-refractivity contribution < 1.29 is 8.42 Å². The Kier molecular flexibility index (Phi) is 6.42. The number of sulfonamides is 1. The molecule has 1 saturated heterocycles. The van der Waals surface area contributed by atoms with Crippen LogP contribution in [-0.2, 0) is 10.0 Å². The maximum Gasteiger partial charge on any atom is 0.211 e. The summed E-state index contributed by atoms with van der Waals surface area (Å²) in [4.78, 5) is 4.14. The minimum absolute atomic E-state index is 0.326. The molecule has 5 nitrogen and oxygen atoms in total. The summed E-state index contributed by atoms with van der Waals surface area (Å²) < 4.78 is 24.3. The van der Waals surface area contributed by atoms with Crippen molar-refractivity contribution >= 4 is 15.7 Å². The zero-order valence-corrected chi connectivity index (χ0v) is 13.6. The number of aromatic nitrogens is 1. The predicted molar refractivity (Wildman–Crippen MR) is 83.4 cm³/mol. The third-order valence-corrected chi connectivity index (χ3v) is 4.47. The van der Waals surface area contributed by atoms with E-state index in [1.54, 1.807) is 10.5 Å². The average Bonchev–Trinajstić information content (AvgIpc) is 2.41. The Bertz CT molecular complexity index is 509. The van der Waals surface area contributed by atoms with Gasteiger partial charge in [0.1, 0.15) is 0 Å². The lowest BCUT2D eigenvalue weighted by atomic mass is 10.1. The Hall–Kier alpha value is -1.14. The standard InChI is InChI=1S/C12H19N3O2S.C2H6/c1-10-7-12(9-13-8-10)14-11-3-5-15(6-4-11)18(2,16)17;1-2/h7-9,11,14H,3-6H2,1-2H3;1-2H3. The molecule has 0 atom stereocenters. The van der Waals surface area contributed by atoms with Gasteiger partial charge in [0.05, 0.1) is 11.9 Å². The molecule has 1 aliphatic heterocycles. The number of nitrogens with one attached hydrogen (secondary N) is 1. The summed E-state index contributed by atoms with van der Waals surface area (Å²) in [5, 5.41) is 3.41. The number of piperidine rings is 1. The van der Waals surface area contributed by atoms with Crippen molar-refractivity contribution in [2.45, 2.75) is 39.7 Å². The fraction of sp³-hybridized carbons (Fsp3) is 0.643. The smallest absolute Gasteiger partial charge is 0.211 e. The topological polar surface area (TPSA) is 62.3 Å². The van der Waals surface area contributed by atoms with E-state index in [-0.39, 0.29) is 0 Å². The molecular weight excluding hydrogens is 274 g/mol. The highest BCUT2D eigenvalue weighted by atomic mass is 32.2. The van der Waals surface area contributed by atoms with Crippen molar-refractivity contribution in [1.82, 2.24) is 9.29 Å². The van der Waals surface area contributed by atoms with E-state index in [1.165, 1.54) is 6.26 Å². The lowest BCUT2D eigenvalue weighted by Gasteiger charge is -2.31. The molecule has 1 fully saturated rings. The van der Waals surface area contributed by atoms with Crippen LogP contribution in [0.4, 0.5) is 5.69 Å². The fourth-order valence-electron chi connectivity index (χ4n) is 2.20. The molecule has 0 radical (unpaired) electrons.